The lowest BCUT2D eigenvalue weighted by molar-refractivity contribution is -0.133. The van der Waals surface area contributed by atoms with Gasteiger partial charge in [0.25, 0.3) is 0 Å². The molecule has 2 fully saturated rings. The van der Waals surface area contributed by atoms with E-state index in [4.69, 9.17) is 21.1 Å². The van der Waals surface area contributed by atoms with Gasteiger partial charge in [-0.25, -0.2) is 4.98 Å². The highest BCUT2D eigenvalue weighted by Gasteiger charge is 2.16. The van der Waals surface area contributed by atoms with Gasteiger partial charge in [0.1, 0.15) is 17.4 Å². The van der Waals surface area contributed by atoms with Gasteiger partial charge in [0, 0.05) is 58.6 Å². The highest BCUT2D eigenvalue weighted by Crippen LogP contribution is 2.23. The van der Waals surface area contributed by atoms with Crippen LogP contribution in [-0.2, 0) is 20.8 Å². The highest BCUT2D eigenvalue weighted by molar-refractivity contribution is 6.32. The van der Waals surface area contributed by atoms with Crippen LogP contribution in [0.4, 0.5) is 17.5 Å². The molecule has 4 rings (SSSR count). The van der Waals surface area contributed by atoms with Crippen molar-refractivity contribution in [2.45, 2.75) is 32.7 Å². The van der Waals surface area contributed by atoms with Crippen molar-refractivity contribution in [2.75, 3.05) is 76.3 Å². The quantitative estimate of drug-likeness (QED) is 0.443. The van der Waals surface area contributed by atoms with Crippen LogP contribution in [0.1, 0.15) is 25.0 Å². The summed E-state index contributed by atoms with van der Waals surface area (Å²) in [6.07, 6.45) is 6.25. The Morgan fingerprint density at radius 1 is 1.09 bits per heavy atom. The average Bonchev–Trinajstić information content (AvgIpc) is 3.07. The third kappa shape index (κ3) is 7.76. The molecule has 12 heteroatoms. The van der Waals surface area contributed by atoms with Crippen LogP contribution in [0.15, 0.2) is 12.4 Å². The molecule has 0 atom stereocenters. The molecule has 0 spiro atoms. The molecule has 0 bridgehead atoms. The summed E-state index contributed by atoms with van der Waals surface area (Å²) < 4.78 is 12.7. The van der Waals surface area contributed by atoms with Crippen LogP contribution in [0.3, 0.4) is 0 Å². The second-order valence-electron chi connectivity index (χ2n) is 8.78. The number of aromatic nitrogens is 4. The van der Waals surface area contributed by atoms with Gasteiger partial charge in [-0.1, -0.05) is 11.6 Å². The Hall–Kier alpha value is -2.47. The highest BCUT2D eigenvalue weighted by atomic mass is 35.5. The van der Waals surface area contributed by atoms with Crippen LogP contribution in [0.2, 0.25) is 5.02 Å². The van der Waals surface area contributed by atoms with E-state index in [2.05, 4.69) is 30.6 Å². The van der Waals surface area contributed by atoms with Crippen LogP contribution in [0.5, 0.6) is 0 Å². The van der Waals surface area contributed by atoms with E-state index in [1.807, 2.05) is 22.7 Å². The van der Waals surface area contributed by atoms with E-state index < -0.39 is 0 Å². The van der Waals surface area contributed by atoms with Crippen LogP contribution < -0.4 is 10.6 Å². The summed E-state index contributed by atoms with van der Waals surface area (Å²) in [7, 11) is 0. The number of amides is 1. The largest absolute Gasteiger partial charge is 0.379 e. The van der Waals surface area contributed by atoms with Gasteiger partial charge < -0.3 is 25.0 Å². The summed E-state index contributed by atoms with van der Waals surface area (Å²) in [6.45, 7) is 10.4. The first-order chi connectivity index (χ1) is 17.1. The van der Waals surface area contributed by atoms with E-state index in [0.717, 1.165) is 76.6 Å². The van der Waals surface area contributed by atoms with Crippen LogP contribution in [0.25, 0.3) is 0 Å². The maximum Gasteiger partial charge on any atom is 0.248 e. The van der Waals surface area contributed by atoms with E-state index in [-0.39, 0.29) is 12.5 Å². The van der Waals surface area contributed by atoms with E-state index >= 15 is 0 Å². The topological polar surface area (TPSA) is 110 Å². The maximum absolute atomic E-state index is 12.0. The monoisotopic (exact) mass is 506 g/mol. The predicted octanol–water partition coefficient (Wildman–Crippen LogP) is 2.15. The third-order valence-electron chi connectivity index (χ3n) is 6.09. The number of ether oxygens (including phenoxy) is 2. The second-order valence-corrected chi connectivity index (χ2v) is 9.19. The first-order valence-corrected chi connectivity index (χ1v) is 12.7. The average molecular weight is 507 g/mol. The lowest BCUT2D eigenvalue weighted by Gasteiger charge is -2.26. The molecule has 2 aliphatic rings. The number of hydrogen-bond acceptors (Lipinski definition) is 9. The van der Waals surface area contributed by atoms with Crippen LogP contribution in [-0.4, -0.2) is 101 Å². The summed E-state index contributed by atoms with van der Waals surface area (Å²) >= 11 is 6.30. The van der Waals surface area contributed by atoms with E-state index in [1.165, 1.54) is 0 Å². The SMILES string of the molecule is Cc1nn(CCCN2CCOCC2)cc1Nc1ncc(Cl)c(NCCCN2CCCOCC2=O)n1. The minimum absolute atomic E-state index is 0.0473. The van der Waals surface area contributed by atoms with Gasteiger partial charge in [0.05, 0.1) is 30.8 Å². The van der Waals surface area contributed by atoms with Gasteiger partial charge in [-0.15, -0.1) is 0 Å². The molecule has 0 aromatic carbocycles. The van der Waals surface area contributed by atoms with E-state index in [9.17, 15) is 4.79 Å². The molecule has 2 saturated heterocycles. The summed E-state index contributed by atoms with van der Waals surface area (Å²) in [5, 5.41) is 11.6. The van der Waals surface area contributed by atoms with Gasteiger partial charge >= 0.3 is 0 Å². The van der Waals surface area contributed by atoms with Gasteiger partial charge in [-0.2, -0.15) is 10.1 Å². The van der Waals surface area contributed by atoms with Crippen molar-refractivity contribution < 1.29 is 14.3 Å². The molecule has 35 heavy (non-hydrogen) atoms. The lowest BCUT2D eigenvalue weighted by atomic mass is 10.3. The van der Waals surface area contributed by atoms with Crippen LogP contribution >= 0.6 is 11.6 Å². The molecule has 2 aromatic heterocycles. The molecule has 192 valence electrons. The number of anilines is 3. The summed E-state index contributed by atoms with van der Waals surface area (Å²) in [4.78, 5) is 25.2. The Balaban J connectivity index is 1.25. The van der Waals surface area contributed by atoms with Crippen molar-refractivity contribution >= 4 is 35.0 Å². The molecule has 0 unspecified atom stereocenters. The molecule has 0 radical (unpaired) electrons. The number of halogens is 1. The minimum Gasteiger partial charge on any atom is -0.379 e. The molecule has 1 amide bonds. The maximum atomic E-state index is 12.0. The van der Waals surface area contributed by atoms with Crippen molar-refractivity contribution in [1.82, 2.24) is 29.5 Å². The minimum atomic E-state index is 0.0473. The fraction of sp³-hybridized carbons (Fsp3) is 0.652. The van der Waals surface area contributed by atoms with Crippen molar-refractivity contribution in [3.8, 4) is 0 Å². The van der Waals surface area contributed by atoms with Gasteiger partial charge in [-0.05, 0) is 26.2 Å². The fourth-order valence-corrected chi connectivity index (χ4v) is 4.31. The number of rotatable bonds is 11. The molecule has 2 aromatic rings. The van der Waals surface area contributed by atoms with Crippen molar-refractivity contribution in [1.29, 1.82) is 0 Å². The Morgan fingerprint density at radius 3 is 2.80 bits per heavy atom. The zero-order chi connectivity index (χ0) is 24.5. The molecule has 2 aliphatic heterocycles. The first kappa shape index (κ1) is 25.6. The number of nitrogens with one attached hydrogen (secondary N) is 2. The van der Waals surface area contributed by atoms with Gasteiger partial charge in [0.2, 0.25) is 11.9 Å². The third-order valence-corrected chi connectivity index (χ3v) is 6.37. The van der Waals surface area contributed by atoms with Gasteiger partial charge in [0.15, 0.2) is 0 Å². The molecular formula is C23H35ClN8O3. The smallest absolute Gasteiger partial charge is 0.248 e. The summed E-state index contributed by atoms with van der Waals surface area (Å²) in [5.41, 5.74) is 1.75. The fourth-order valence-electron chi connectivity index (χ4n) is 4.15. The number of carbonyl (C=O) groups excluding carboxylic acids is 1. The normalized spacial score (nSPS) is 17.4. The zero-order valence-electron chi connectivity index (χ0n) is 20.3. The molecule has 4 heterocycles. The van der Waals surface area contributed by atoms with Gasteiger partial charge in [-0.3, -0.25) is 14.4 Å². The lowest BCUT2D eigenvalue weighted by Crippen LogP contribution is -2.37. The van der Waals surface area contributed by atoms with Crippen molar-refractivity contribution in [2.24, 2.45) is 0 Å². The zero-order valence-corrected chi connectivity index (χ0v) is 21.1. The Morgan fingerprint density at radius 2 is 1.94 bits per heavy atom. The predicted molar refractivity (Wildman–Crippen MR) is 134 cm³/mol. The Bertz CT molecular complexity index is 966. The summed E-state index contributed by atoms with van der Waals surface area (Å²) in [6, 6.07) is 0. The molecule has 0 aliphatic carbocycles. The van der Waals surface area contributed by atoms with E-state index in [1.54, 1.807) is 6.20 Å². The first-order valence-electron chi connectivity index (χ1n) is 12.3. The van der Waals surface area contributed by atoms with E-state index in [0.29, 0.717) is 36.5 Å². The number of aryl methyl sites for hydroxylation is 2. The van der Waals surface area contributed by atoms with Crippen molar-refractivity contribution in [3.63, 3.8) is 0 Å². The molecule has 0 saturated carbocycles. The number of hydrogen-bond donors (Lipinski definition) is 2. The number of morpholine rings is 1. The van der Waals surface area contributed by atoms with Crippen molar-refractivity contribution in [3.05, 3.63) is 23.1 Å². The Kier molecular flexibility index (Phi) is 9.52. The number of carbonyl (C=O) groups is 1. The Labute approximate surface area is 211 Å². The molecule has 2 N–H and O–H groups in total. The standard InChI is InChI=1S/C23H35ClN8O3/c1-18-20(16-32(29-18)9-3-6-30-10-13-34-14-11-30)27-23-26-15-19(24)22(28-23)25-5-2-7-31-8-4-12-35-17-21(31)33/h15-16H,2-14,17H2,1H3,(H2,25,26,27,28). The second kappa shape index (κ2) is 13.0. The molecular weight excluding hydrogens is 472 g/mol. The van der Waals surface area contributed by atoms with Crippen LogP contribution in [0, 0.1) is 6.92 Å². The number of nitrogens with zero attached hydrogens (tertiary/aromatic N) is 6. The summed E-state index contributed by atoms with van der Waals surface area (Å²) in [5.74, 6) is 1.06. The molecule has 11 nitrogen and oxygen atoms in total.